The number of ether oxygens (including phenoxy) is 3. The van der Waals surface area contributed by atoms with Gasteiger partial charge < -0.3 is 24.8 Å². The van der Waals surface area contributed by atoms with Crippen LogP contribution in [0.1, 0.15) is 0 Å². The van der Waals surface area contributed by atoms with E-state index in [1.165, 1.54) is 0 Å². The molecule has 0 aliphatic rings. The number of benzene rings is 2. The molecule has 0 aliphatic carbocycles. The highest BCUT2D eigenvalue weighted by molar-refractivity contribution is 7.80. The van der Waals surface area contributed by atoms with Crippen LogP contribution in [-0.2, 0) is 0 Å². The van der Waals surface area contributed by atoms with Crippen LogP contribution in [0.4, 0.5) is 11.4 Å². The Morgan fingerprint density at radius 2 is 1.48 bits per heavy atom. The molecule has 0 fully saturated rings. The van der Waals surface area contributed by atoms with Gasteiger partial charge in [-0.05, 0) is 30.4 Å². The van der Waals surface area contributed by atoms with E-state index < -0.39 is 0 Å². The van der Waals surface area contributed by atoms with Crippen molar-refractivity contribution in [3.8, 4) is 17.2 Å². The van der Waals surface area contributed by atoms with Crippen molar-refractivity contribution in [1.82, 2.24) is 0 Å². The fourth-order valence-electron chi connectivity index (χ4n) is 1.98. The first kappa shape index (κ1) is 17.2. The van der Waals surface area contributed by atoms with Crippen molar-refractivity contribution in [2.24, 2.45) is 0 Å². The topological polar surface area (TPSA) is 51.8 Å². The zero-order valence-electron chi connectivity index (χ0n) is 13.0. The Labute approximate surface area is 145 Å². The molecule has 2 aromatic carbocycles. The SMILES string of the molecule is COc1cc(OC)c(NC(=S)Nc2ccccc2OC)cc1Cl. The molecule has 0 radical (unpaired) electrons. The lowest BCUT2D eigenvalue weighted by Gasteiger charge is -2.16. The van der Waals surface area contributed by atoms with Gasteiger partial charge in [0, 0.05) is 6.07 Å². The van der Waals surface area contributed by atoms with Gasteiger partial charge in [0.1, 0.15) is 17.2 Å². The van der Waals surface area contributed by atoms with Crippen molar-refractivity contribution >= 4 is 40.3 Å². The summed E-state index contributed by atoms with van der Waals surface area (Å²) in [5.74, 6) is 1.78. The number of hydrogen-bond donors (Lipinski definition) is 2. The number of methoxy groups -OCH3 is 3. The summed E-state index contributed by atoms with van der Waals surface area (Å²) in [6.45, 7) is 0. The second-order valence-corrected chi connectivity index (χ2v) is 5.28. The lowest BCUT2D eigenvalue weighted by molar-refractivity contribution is 0.396. The minimum absolute atomic E-state index is 0.383. The quantitative estimate of drug-likeness (QED) is 0.787. The fourth-order valence-corrected chi connectivity index (χ4v) is 2.44. The predicted octanol–water partition coefficient (Wildman–Crippen LogP) is 4.17. The summed E-state index contributed by atoms with van der Waals surface area (Å²) in [7, 11) is 4.70. The van der Waals surface area contributed by atoms with Crippen LogP contribution in [0.3, 0.4) is 0 Å². The van der Waals surface area contributed by atoms with Gasteiger partial charge >= 0.3 is 0 Å². The predicted molar refractivity (Wildman–Crippen MR) is 97.4 cm³/mol. The largest absolute Gasteiger partial charge is 0.495 e. The first-order chi connectivity index (χ1) is 11.1. The number of para-hydroxylation sites is 2. The monoisotopic (exact) mass is 352 g/mol. The number of nitrogens with one attached hydrogen (secondary N) is 2. The summed E-state index contributed by atoms with van der Waals surface area (Å²) in [4.78, 5) is 0. The Balaban J connectivity index is 2.18. The standard InChI is InChI=1S/C16H17ClN2O3S/c1-20-13-7-5-4-6-11(13)18-16(23)19-12-8-10(17)14(21-2)9-15(12)22-3/h4-9H,1-3H3,(H2,18,19,23). The molecule has 0 bridgehead atoms. The van der Waals surface area contributed by atoms with Gasteiger partial charge in [-0.2, -0.15) is 0 Å². The molecule has 0 aliphatic heterocycles. The van der Waals surface area contributed by atoms with Crippen LogP contribution in [-0.4, -0.2) is 26.4 Å². The summed E-state index contributed by atoms with van der Waals surface area (Å²) >= 11 is 11.5. The number of halogens is 1. The maximum absolute atomic E-state index is 6.15. The van der Waals surface area contributed by atoms with Crippen molar-refractivity contribution in [3.63, 3.8) is 0 Å². The van der Waals surface area contributed by atoms with Gasteiger partial charge in [-0.3, -0.25) is 0 Å². The Hall–Kier alpha value is -2.18. The summed E-state index contributed by atoms with van der Waals surface area (Å²) < 4.78 is 15.8. The number of hydrogen-bond acceptors (Lipinski definition) is 4. The molecule has 7 heteroatoms. The van der Waals surface area contributed by atoms with Gasteiger partial charge in [0.05, 0.1) is 37.7 Å². The van der Waals surface area contributed by atoms with E-state index in [1.807, 2.05) is 24.3 Å². The van der Waals surface area contributed by atoms with E-state index in [0.29, 0.717) is 33.1 Å². The third-order valence-corrected chi connectivity index (χ3v) is 3.58. The molecule has 0 saturated carbocycles. The highest BCUT2D eigenvalue weighted by atomic mass is 35.5. The number of thiocarbonyl (C=S) groups is 1. The molecule has 0 heterocycles. The third kappa shape index (κ3) is 4.18. The molecule has 0 spiro atoms. The average molecular weight is 353 g/mol. The van der Waals surface area contributed by atoms with Crippen LogP contribution in [0.15, 0.2) is 36.4 Å². The van der Waals surface area contributed by atoms with Crippen LogP contribution in [0.2, 0.25) is 5.02 Å². The van der Waals surface area contributed by atoms with E-state index in [1.54, 1.807) is 33.5 Å². The van der Waals surface area contributed by atoms with Crippen LogP contribution in [0.5, 0.6) is 17.2 Å². The molecule has 2 rings (SSSR count). The smallest absolute Gasteiger partial charge is 0.175 e. The highest BCUT2D eigenvalue weighted by Crippen LogP contribution is 2.36. The molecular formula is C16H17ClN2O3S. The highest BCUT2D eigenvalue weighted by Gasteiger charge is 2.12. The van der Waals surface area contributed by atoms with Crippen molar-refractivity contribution < 1.29 is 14.2 Å². The Morgan fingerprint density at radius 1 is 0.870 bits per heavy atom. The van der Waals surface area contributed by atoms with Crippen molar-refractivity contribution in [1.29, 1.82) is 0 Å². The minimum Gasteiger partial charge on any atom is -0.495 e. The zero-order valence-corrected chi connectivity index (χ0v) is 14.5. The summed E-state index contributed by atoms with van der Waals surface area (Å²) in [6, 6.07) is 10.9. The molecule has 0 amide bonds. The molecule has 0 unspecified atom stereocenters. The van der Waals surface area contributed by atoms with Gasteiger partial charge in [-0.1, -0.05) is 23.7 Å². The van der Waals surface area contributed by atoms with Gasteiger partial charge in [-0.25, -0.2) is 0 Å². The van der Waals surface area contributed by atoms with E-state index in [2.05, 4.69) is 10.6 Å². The van der Waals surface area contributed by atoms with Crippen LogP contribution >= 0.6 is 23.8 Å². The molecule has 5 nitrogen and oxygen atoms in total. The molecular weight excluding hydrogens is 336 g/mol. The normalized spacial score (nSPS) is 9.91. The van der Waals surface area contributed by atoms with Gasteiger partial charge in [0.2, 0.25) is 0 Å². The molecule has 0 saturated heterocycles. The van der Waals surface area contributed by atoms with Crippen LogP contribution in [0, 0.1) is 0 Å². The summed E-state index contributed by atoms with van der Waals surface area (Å²) in [6.07, 6.45) is 0. The van der Waals surface area contributed by atoms with Gasteiger partial charge in [0.15, 0.2) is 5.11 Å². The van der Waals surface area contributed by atoms with E-state index in [9.17, 15) is 0 Å². The molecule has 2 aromatic rings. The second-order valence-electron chi connectivity index (χ2n) is 4.47. The van der Waals surface area contributed by atoms with Crippen molar-refractivity contribution in [2.45, 2.75) is 0 Å². The Kier molecular flexibility index (Phi) is 5.90. The minimum atomic E-state index is 0.383. The van der Waals surface area contributed by atoms with Crippen LogP contribution in [0.25, 0.3) is 0 Å². The first-order valence-corrected chi connectivity index (χ1v) is 7.50. The van der Waals surface area contributed by atoms with Crippen LogP contribution < -0.4 is 24.8 Å². The lowest BCUT2D eigenvalue weighted by Crippen LogP contribution is -2.20. The summed E-state index contributed by atoms with van der Waals surface area (Å²) in [5.41, 5.74) is 1.39. The maximum Gasteiger partial charge on any atom is 0.175 e. The van der Waals surface area contributed by atoms with Gasteiger partial charge in [0.25, 0.3) is 0 Å². The fraction of sp³-hybridized carbons (Fsp3) is 0.188. The van der Waals surface area contributed by atoms with Crippen molar-refractivity contribution in [2.75, 3.05) is 32.0 Å². The molecule has 0 aromatic heterocycles. The maximum atomic E-state index is 6.15. The summed E-state index contributed by atoms with van der Waals surface area (Å²) in [5, 5.41) is 6.97. The van der Waals surface area contributed by atoms with E-state index in [4.69, 9.17) is 38.0 Å². The molecule has 2 N–H and O–H groups in total. The van der Waals surface area contributed by atoms with Gasteiger partial charge in [-0.15, -0.1) is 0 Å². The lowest BCUT2D eigenvalue weighted by atomic mass is 10.2. The molecule has 0 atom stereocenters. The van der Waals surface area contributed by atoms with E-state index in [-0.39, 0.29) is 0 Å². The number of anilines is 2. The van der Waals surface area contributed by atoms with Crippen molar-refractivity contribution in [3.05, 3.63) is 41.4 Å². The Morgan fingerprint density at radius 3 is 2.13 bits per heavy atom. The third-order valence-electron chi connectivity index (χ3n) is 3.08. The number of rotatable bonds is 5. The molecule has 23 heavy (non-hydrogen) atoms. The molecule has 122 valence electrons. The zero-order chi connectivity index (χ0) is 16.8. The average Bonchev–Trinajstić information content (AvgIpc) is 2.55. The Bertz CT molecular complexity index is 710. The second kappa shape index (κ2) is 7.89. The first-order valence-electron chi connectivity index (χ1n) is 6.71. The van der Waals surface area contributed by atoms with E-state index in [0.717, 1.165) is 5.69 Å². The van der Waals surface area contributed by atoms with E-state index >= 15 is 0 Å².